The maximum absolute atomic E-state index is 11.8. The number of aromatic nitrogens is 1. The molecule has 6 nitrogen and oxygen atoms in total. The lowest BCUT2D eigenvalue weighted by Crippen LogP contribution is -2.09. The average molecular weight is 421 g/mol. The number of hydrogen-bond acceptors (Lipinski definition) is 5. The van der Waals surface area contributed by atoms with Gasteiger partial charge in [0, 0.05) is 5.56 Å². The highest BCUT2D eigenvalue weighted by atomic mass is 16.5. The highest BCUT2D eigenvalue weighted by molar-refractivity contribution is 5.89. The van der Waals surface area contributed by atoms with E-state index in [0.717, 1.165) is 23.1 Å². The van der Waals surface area contributed by atoms with Crippen molar-refractivity contribution >= 4 is 5.97 Å². The van der Waals surface area contributed by atoms with E-state index in [1.165, 1.54) is 0 Å². The molecule has 1 aromatic heterocycles. The van der Waals surface area contributed by atoms with Gasteiger partial charge < -0.3 is 19.3 Å². The van der Waals surface area contributed by atoms with E-state index >= 15 is 0 Å². The Labute approximate surface area is 182 Å². The number of carboxylic acids is 1. The first kappa shape index (κ1) is 22.2. The molecule has 0 spiro atoms. The first-order valence-electron chi connectivity index (χ1n) is 10.2. The summed E-state index contributed by atoms with van der Waals surface area (Å²) in [5.41, 5.74) is 3.89. The van der Waals surface area contributed by atoms with Crippen LogP contribution in [-0.2, 0) is 6.61 Å². The normalized spacial score (nSPS) is 10.6. The molecule has 1 heterocycles. The summed E-state index contributed by atoms with van der Waals surface area (Å²) in [6.07, 6.45) is 0.867. The Balaban J connectivity index is 2.00. The first-order valence-corrected chi connectivity index (χ1v) is 10.2. The summed E-state index contributed by atoms with van der Waals surface area (Å²) in [6.45, 7) is 6.61. The fourth-order valence-corrected chi connectivity index (χ4v) is 3.16. The lowest BCUT2D eigenvalue weighted by molar-refractivity contribution is 0.0693. The van der Waals surface area contributed by atoms with Crippen molar-refractivity contribution in [2.75, 3.05) is 13.7 Å². The molecule has 3 aromatic rings. The van der Waals surface area contributed by atoms with Crippen LogP contribution in [-0.4, -0.2) is 29.8 Å². The Kier molecular flexibility index (Phi) is 7.13. The van der Waals surface area contributed by atoms with Crippen molar-refractivity contribution in [3.05, 3.63) is 70.9 Å². The van der Waals surface area contributed by atoms with Crippen LogP contribution in [0.1, 0.15) is 40.5 Å². The minimum absolute atomic E-state index is 0.0366. The number of ether oxygens (including phenoxy) is 3. The second kappa shape index (κ2) is 9.98. The monoisotopic (exact) mass is 421 g/mol. The van der Waals surface area contributed by atoms with Crippen LogP contribution in [0.25, 0.3) is 11.3 Å². The van der Waals surface area contributed by atoms with E-state index in [1.54, 1.807) is 19.2 Å². The number of benzene rings is 2. The summed E-state index contributed by atoms with van der Waals surface area (Å²) in [6, 6.07) is 14.5. The molecule has 0 aliphatic carbocycles. The summed E-state index contributed by atoms with van der Waals surface area (Å²) in [4.78, 5) is 16.4. The van der Waals surface area contributed by atoms with Crippen LogP contribution in [0.15, 0.2) is 48.5 Å². The lowest BCUT2D eigenvalue weighted by Gasteiger charge is -2.15. The molecule has 0 bridgehead atoms. The molecule has 2 aromatic carbocycles. The van der Waals surface area contributed by atoms with Crippen LogP contribution in [0, 0.1) is 13.8 Å². The second-order valence-corrected chi connectivity index (χ2v) is 7.19. The van der Waals surface area contributed by atoms with Crippen molar-refractivity contribution in [3.63, 3.8) is 0 Å². The maximum Gasteiger partial charge on any atom is 0.337 e. The van der Waals surface area contributed by atoms with Gasteiger partial charge in [-0.15, -0.1) is 0 Å². The summed E-state index contributed by atoms with van der Waals surface area (Å²) >= 11 is 0. The van der Waals surface area contributed by atoms with Gasteiger partial charge in [-0.2, -0.15) is 0 Å². The Morgan fingerprint density at radius 2 is 1.84 bits per heavy atom. The van der Waals surface area contributed by atoms with Gasteiger partial charge in [0.25, 0.3) is 0 Å². The molecule has 6 heteroatoms. The molecule has 0 saturated heterocycles. The Morgan fingerprint density at radius 1 is 1.03 bits per heavy atom. The highest BCUT2D eigenvalue weighted by Crippen LogP contribution is 2.33. The first-order chi connectivity index (χ1) is 14.9. The van der Waals surface area contributed by atoms with Gasteiger partial charge in [-0.25, -0.2) is 9.78 Å². The third-order valence-corrected chi connectivity index (χ3v) is 5.05. The lowest BCUT2D eigenvalue weighted by atomic mass is 10.1. The summed E-state index contributed by atoms with van der Waals surface area (Å²) < 4.78 is 17.2. The van der Waals surface area contributed by atoms with Gasteiger partial charge in [0.15, 0.2) is 0 Å². The van der Waals surface area contributed by atoms with E-state index < -0.39 is 5.97 Å². The minimum Gasteiger partial charge on any atom is -0.497 e. The predicted molar refractivity (Wildman–Crippen MR) is 119 cm³/mol. The van der Waals surface area contributed by atoms with E-state index in [0.29, 0.717) is 35.2 Å². The highest BCUT2D eigenvalue weighted by Gasteiger charge is 2.17. The van der Waals surface area contributed by atoms with Crippen LogP contribution in [0.2, 0.25) is 0 Å². The average Bonchev–Trinajstić information content (AvgIpc) is 2.78. The van der Waals surface area contributed by atoms with E-state index in [4.69, 9.17) is 14.2 Å². The number of methoxy groups -OCH3 is 1. The molecule has 0 unspecified atom stereocenters. The molecule has 1 N–H and O–H groups in total. The Morgan fingerprint density at radius 3 is 2.55 bits per heavy atom. The van der Waals surface area contributed by atoms with Crippen LogP contribution in [0.4, 0.5) is 0 Å². The molecule has 0 radical (unpaired) electrons. The molecule has 0 fully saturated rings. The zero-order valence-electron chi connectivity index (χ0n) is 18.3. The third-order valence-electron chi connectivity index (χ3n) is 5.05. The molecular weight excluding hydrogens is 394 g/mol. The van der Waals surface area contributed by atoms with Gasteiger partial charge >= 0.3 is 5.97 Å². The number of pyridine rings is 1. The van der Waals surface area contributed by atoms with Crippen molar-refractivity contribution in [2.45, 2.75) is 33.8 Å². The largest absolute Gasteiger partial charge is 0.497 e. The number of nitrogens with zero attached hydrogens (tertiary/aromatic N) is 1. The van der Waals surface area contributed by atoms with Gasteiger partial charge in [0.05, 0.1) is 30.7 Å². The maximum atomic E-state index is 11.8. The van der Waals surface area contributed by atoms with Gasteiger partial charge in [-0.1, -0.05) is 19.1 Å². The minimum atomic E-state index is -1.05. The zero-order chi connectivity index (χ0) is 22.4. The summed E-state index contributed by atoms with van der Waals surface area (Å²) in [5.74, 6) is 0.986. The molecule has 31 heavy (non-hydrogen) atoms. The molecular formula is C25H27NO5. The molecule has 162 valence electrons. The third kappa shape index (κ3) is 5.15. The molecule has 3 rings (SSSR count). The van der Waals surface area contributed by atoms with Crippen LogP contribution >= 0.6 is 0 Å². The topological polar surface area (TPSA) is 77.9 Å². The predicted octanol–water partition coefficient (Wildman–Crippen LogP) is 5.44. The van der Waals surface area contributed by atoms with Crippen LogP contribution in [0.5, 0.6) is 17.2 Å². The van der Waals surface area contributed by atoms with E-state index in [-0.39, 0.29) is 12.2 Å². The fraction of sp³-hybridized carbons (Fsp3) is 0.280. The van der Waals surface area contributed by atoms with E-state index in [1.807, 2.05) is 57.2 Å². The molecule has 0 saturated carbocycles. The number of aromatic carboxylic acids is 1. The molecule has 0 aliphatic heterocycles. The van der Waals surface area contributed by atoms with Crippen molar-refractivity contribution < 1.29 is 24.1 Å². The van der Waals surface area contributed by atoms with Crippen molar-refractivity contribution in [3.8, 4) is 28.5 Å². The van der Waals surface area contributed by atoms with Crippen molar-refractivity contribution in [1.29, 1.82) is 0 Å². The second-order valence-electron chi connectivity index (χ2n) is 7.19. The van der Waals surface area contributed by atoms with Crippen molar-refractivity contribution in [2.24, 2.45) is 0 Å². The van der Waals surface area contributed by atoms with Crippen LogP contribution in [0.3, 0.4) is 0 Å². The standard InChI is InChI=1S/C25H27NO5/c1-5-13-30-24-12-9-18(29-4)14-20(24)21-11-10-19(25(27)28)22(26-21)15-31-23-8-6-7-16(2)17(23)3/h6-12,14H,5,13,15H2,1-4H3,(H,27,28). The fourth-order valence-electron chi connectivity index (χ4n) is 3.16. The number of aryl methyl sites for hydroxylation is 1. The SMILES string of the molecule is CCCOc1ccc(OC)cc1-c1ccc(C(=O)O)c(COc2cccc(C)c2C)n1. The van der Waals surface area contributed by atoms with Crippen molar-refractivity contribution in [1.82, 2.24) is 4.98 Å². The molecule has 0 aliphatic rings. The summed E-state index contributed by atoms with van der Waals surface area (Å²) in [5, 5.41) is 9.64. The van der Waals surface area contributed by atoms with E-state index in [9.17, 15) is 9.90 Å². The quantitative estimate of drug-likeness (QED) is 0.496. The van der Waals surface area contributed by atoms with Gasteiger partial charge in [-0.3, -0.25) is 0 Å². The summed E-state index contributed by atoms with van der Waals surface area (Å²) in [7, 11) is 1.59. The Bertz CT molecular complexity index is 1080. The molecule has 0 amide bonds. The Hall–Kier alpha value is -3.54. The van der Waals surface area contributed by atoms with Gasteiger partial charge in [0.2, 0.25) is 0 Å². The van der Waals surface area contributed by atoms with Gasteiger partial charge in [0.1, 0.15) is 23.9 Å². The van der Waals surface area contributed by atoms with Crippen LogP contribution < -0.4 is 14.2 Å². The van der Waals surface area contributed by atoms with E-state index in [2.05, 4.69) is 4.98 Å². The number of rotatable bonds is 9. The number of carboxylic acid groups (broad SMARTS) is 1. The zero-order valence-corrected chi connectivity index (χ0v) is 18.3. The number of hydrogen-bond donors (Lipinski definition) is 1. The smallest absolute Gasteiger partial charge is 0.337 e. The number of carbonyl (C=O) groups is 1. The van der Waals surface area contributed by atoms with Gasteiger partial charge in [-0.05, 0) is 67.8 Å². The molecule has 0 atom stereocenters.